The van der Waals surface area contributed by atoms with Crippen molar-refractivity contribution in [3.63, 3.8) is 0 Å². The lowest BCUT2D eigenvalue weighted by Crippen LogP contribution is -2.18. The van der Waals surface area contributed by atoms with Crippen LogP contribution in [0.5, 0.6) is 11.5 Å². The molecule has 0 atom stereocenters. The van der Waals surface area contributed by atoms with Gasteiger partial charge in [-0.25, -0.2) is 0 Å². The Bertz CT molecular complexity index is 1280. The van der Waals surface area contributed by atoms with Gasteiger partial charge < -0.3 is 19.0 Å². The van der Waals surface area contributed by atoms with Crippen molar-refractivity contribution in [2.45, 2.75) is 6.54 Å². The third-order valence-electron chi connectivity index (χ3n) is 4.14. The van der Waals surface area contributed by atoms with E-state index in [4.69, 9.17) is 9.47 Å². The molecule has 4 rings (SSSR count). The molecule has 0 spiro atoms. The fraction of sp³-hybridized carbons (Fsp3) is 0.143. The van der Waals surface area contributed by atoms with E-state index in [9.17, 15) is 9.59 Å². The molecule has 4 heterocycles. The molecule has 29 heavy (non-hydrogen) atoms. The Morgan fingerprint density at radius 2 is 1.66 bits per heavy atom. The molecule has 0 unspecified atom stereocenters. The van der Waals surface area contributed by atoms with Crippen molar-refractivity contribution in [3.8, 4) is 11.5 Å². The monoisotopic (exact) mass is 392 g/mol. The number of ether oxygens (including phenoxy) is 2. The van der Waals surface area contributed by atoms with Crippen LogP contribution >= 0.6 is 0 Å². The van der Waals surface area contributed by atoms with Crippen LogP contribution in [-0.2, 0) is 6.54 Å². The van der Waals surface area contributed by atoms with Crippen LogP contribution in [0.3, 0.4) is 0 Å². The van der Waals surface area contributed by atoms with Crippen LogP contribution in [0, 0.1) is 0 Å². The second kappa shape index (κ2) is 8.83. The van der Waals surface area contributed by atoms with Crippen molar-refractivity contribution in [2.24, 2.45) is 0 Å². The third kappa shape index (κ3) is 4.49. The van der Waals surface area contributed by atoms with Gasteiger partial charge in [-0.05, 0) is 12.1 Å². The van der Waals surface area contributed by atoms with Crippen LogP contribution in [0.25, 0.3) is 22.1 Å². The second-order valence-electron chi connectivity index (χ2n) is 5.98. The molecule has 0 aliphatic carbocycles. The minimum atomic E-state index is -0.137. The van der Waals surface area contributed by atoms with Crippen LogP contribution in [0.1, 0.15) is 0 Å². The molecule has 0 fully saturated rings. The topological polar surface area (TPSA) is 99.1 Å². The van der Waals surface area contributed by atoms with E-state index in [1.807, 2.05) is 0 Å². The number of nitrogens with zero attached hydrogens (tertiary/aromatic N) is 3. The van der Waals surface area contributed by atoms with E-state index in [0.717, 1.165) is 16.6 Å². The Labute approximate surface area is 166 Å². The van der Waals surface area contributed by atoms with Gasteiger partial charge in [0.15, 0.2) is 0 Å². The summed E-state index contributed by atoms with van der Waals surface area (Å²) in [4.78, 5) is 33.6. The predicted octanol–water partition coefficient (Wildman–Crippen LogP) is 2.52. The molecule has 8 nitrogen and oxygen atoms in total. The summed E-state index contributed by atoms with van der Waals surface area (Å²) in [5.74, 6) is 1.27. The number of aromatic nitrogens is 4. The van der Waals surface area contributed by atoms with Gasteiger partial charge in [0, 0.05) is 30.8 Å². The average molecular weight is 392 g/mol. The fourth-order valence-corrected chi connectivity index (χ4v) is 2.71. The van der Waals surface area contributed by atoms with E-state index in [2.05, 4.69) is 21.5 Å². The number of allylic oxidation sites excluding steroid dienone is 1. The molecular formula is C21H20N4O4. The van der Waals surface area contributed by atoms with Crippen LogP contribution in [-0.4, -0.2) is 33.7 Å². The quantitative estimate of drug-likeness (QED) is 0.536. The maximum absolute atomic E-state index is 11.7. The first kappa shape index (κ1) is 19.8. The van der Waals surface area contributed by atoms with Gasteiger partial charge in [0.2, 0.25) is 5.56 Å². The number of H-pyrrole nitrogens is 1. The summed E-state index contributed by atoms with van der Waals surface area (Å²) in [6.07, 6.45) is 4.92. The van der Waals surface area contributed by atoms with Gasteiger partial charge in [0.1, 0.15) is 11.5 Å². The summed E-state index contributed by atoms with van der Waals surface area (Å²) in [5, 5.41) is 0. The lowest BCUT2D eigenvalue weighted by atomic mass is 10.3. The van der Waals surface area contributed by atoms with Crippen molar-refractivity contribution < 1.29 is 9.47 Å². The maximum atomic E-state index is 11.7. The molecule has 0 bridgehead atoms. The molecule has 4 aromatic rings. The molecule has 8 heteroatoms. The Morgan fingerprint density at radius 3 is 2.34 bits per heavy atom. The molecule has 1 N–H and O–H groups in total. The molecule has 0 aliphatic rings. The summed E-state index contributed by atoms with van der Waals surface area (Å²) in [7, 11) is 3.13. The average Bonchev–Trinajstić information content (AvgIpc) is 2.75. The smallest absolute Gasteiger partial charge is 0.251 e. The molecule has 4 aromatic heterocycles. The van der Waals surface area contributed by atoms with Crippen LogP contribution in [0.15, 0.2) is 71.0 Å². The molecule has 0 saturated heterocycles. The molecular weight excluding hydrogens is 372 g/mol. The lowest BCUT2D eigenvalue weighted by molar-refractivity contribution is 0.413. The van der Waals surface area contributed by atoms with E-state index < -0.39 is 0 Å². The molecule has 0 amide bonds. The fourth-order valence-electron chi connectivity index (χ4n) is 2.71. The molecule has 0 aliphatic heterocycles. The van der Waals surface area contributed by atoms with Gasteiger partial charge in [-0.15, -0.1) is 6.58 Å². The Kier molecular flexibility index (Phi) is 6.03. The van der Waals surface area contributed by atoms with E-state index in [-0.39, 0.29) is 11.1 Å². The lowest BCUT2D eigenvalue weighted by Gasteiger charge is -2.08. The third-order valence-corrected chi connectivity index (χ3v) is 4.14. The minimum Gasteiger partial charge on any atom is -0.495 e. The first-order chi connectivity index (χ1) is 14.0. The van der Waals surface area contributed by atoms with Crippen LogP contribution in [0.2, 0.25) is 0 Å². The number of rotatable bonds is 4. The largest absolute Gasteiger partial charge is 0.495 e. The highest BCUT2D eigenvalue weighted by Gasteiger charge is 2.04. The molecule has 148 valence electrons. The number of methoxy groups -OCH3 is 2. The van der Waals surface area contributed by atoms with Crippen LogP contribution in [0.4, 0.5) is 0 Å². The summed E-state index contributed by atoms with van der Waals surface area (Å²) in [5.41, 5.74) is 2.76. The van der Waals surface area contributed by atoms with Gasteiger partial charge in [-0.1, -0.05) is 6.08 Å². The van der Waals surface area contributed by atoms with Crippen molar-refractivity contribution in [3.05, 3.63) is 82.2 Å². The second-order valence-corrected chi connectivity index (χ2v) is 5.98. The number of aromatic amines is 1. The number of nitrogens with one attached hydrogen (secondary N) is 1. The summed E-state index contributed by atoms with van der Waals surface area (Å²) < 4.78 is 11.7. The van der Waals surface area contributed by atoms with Crippen molar-refractivity contribution >= 4 is 22.1 Å². The highest BCUT2D eigenvalue weighted by molar-refractivity contribution is 5.76. The van der Waals surface area contributed by atoms with Crippen molar-refractivity contribution in [1.29, 1.82) is 0 Å². The predicted molar refractivity (Wildman–Crippen MR) is 112 cm³/mol. The Hall–Kier alpha value is -3.94. The molecule has 0 aromatic carbocycles. The number of fused-ring (bicyclic) bond motifs is 2. The summed E-state index contributed by atoms with van der Waals surface area (Å²) >= 11 is 0. The number of hydrogen-bond acceptors (Lipinski definition) is 6. The van der Waals surface area contributed by atoms with Crippen molar-refractivity contribution in [1.82, 2.24) is 19.5 Å². The summed E-state index contributed by atoms with van der Waals surface area (Å²) in [6, 6.07) is 9.87. The SMILES string of the molecule is C=CCn1c(=O)ccc2ncc(OC)cc21.COc1cnc2ccc(=O)[nH]c2c1. The normalized spacial score (nSPS) is 10.3. The number of hydrogen-bond donors (Lipinski definition) is 1. The Morgan fingerprint density at radius 1 is 1.00 bits per heavy atom. The minimum absolute atomic E-state index is 0.0672. The van der Waals surface area contributed by atoms with E-state index in [1.165, 1.54) is 12.1 Å². The highest BCUT2D eigenvalue weighted by atomic mass is 16.5. The maximum Gasteiger partial charge on any atom is 0.251 e. The first-order valence-corrected chi connectivity index (χ1v) is 8.73. The standard InChI is InChI=1S/C12H12N2O2.C9H8N2O2/c1-3-6-14-11-7-9(16-2)8-13-10(11)4-5-12(14)15;1-13-6-4-8-7(10-5-6)2-3-9(12)11-8/h3-5,7-8H,1,6H2,2H3;2-5H,1H3,(H,11,12). The van der Waals surface area contributed by atoms with Crippen LogP contribution < -0.4 is 20.6 Å². The van der Waals surface area contributed by atoms with Gasteiger partial charge >= 0.3 is 0 Å². The van der Waals surface area contributed by atoms with E-state index >= 15 is 0 Å². The zero-order chi connectivity index (χ0) is 20.8. The van der Waals surface area contributed by atoms with Crippen molar-refractivity contribution in [2.75, 3.05) is 14.2 Å². The zero-order valence-corrected chi connectivity index (χ0v) is 16.1. The van der Waals surface area contributed by atoms with Gasteiger partial charge in [-0.2, -0.15) is 0 Å². The van der Waals surface area contributed by atoms with Gasteiger partial charge in [0.25, 0.3) is 5.56 Å². The van der Waals surface area contributed by atoms with E-state index in [1.54, 1.807) is 61.5 Å². The molecule has 0 radical (unpaired) electrons. The van der Waals surface area contributed by atoms with Gasteiger partial charge in [0.05, 0.1) is 48.7 Å². The Balaban J connectivity index is 0.000000169. The molecule has 0 saturated carbocycles. The van der Waals surface area contributed by atoms with Gasteiger partial charge in [-0.3, -0.25) is 19.6 Å². The van der Waals surface area contributed by atoms with E-state index in [0.29, 0.717) is 23.6 Å². The first-order valence-electron chi connectivity index (χ1n) is 8.73. The number of pyridine rings is 4. The summed E-state index contributed by atoms with van der Waals surface area (Å²) in [6.45, 7) is 4.10. The zero-order valence-electron chi connectivity index (χ0n) is 16.1. The highest BCUT2D eigenvalue weighted by Crippen LogP contribution is 2.16.